The van der Waals surface area contributed by atoms with Crippen LogP contribution in [0.15, 0.2) is 34.0 Å². The van der Waals surface area contributed by atoms with Crippen molar-refractivity contribution >= 4 is 37.7 Å². The molecule has 9 heteroatoms. The first-order chi connectivity index (χ1) is 10.8. The van der Waals surface area contributed by atoms with E-state index in [1.807, 2.05) is 6.92 Å². The molecule has 1 heterocycles. The molecule has 0 atom stereocenters. The smallest absolute Gasteiger partial charge is 0.294 e. The molecule has 0 unspecified atom stereocenters. The number of hydrogen-bond acceptors (Lipinski definition) is 5. The summed E-state index contributed by atoms with van der Waals surface area (Å²) in [6.07, 6.45) is 1.48. The maximum atomic E-state index is 12.5. The summed E-state index contributed by atoms with van der Waals surface area (Å²) in [6.45, 7) is 2.12. The van der Waals surface area contributed by atoms with Gasteiger partial charge in [-0.2, -0.15) is 8.42 Å². The van der Waals surface area contributed by atoms with Gasteiger partial charge >= 0.3 is 0 Å². The number of benzene rings is 1. The number of carbonyl (C=O) groups is 1. The summed E-state index contributed by atoms with van der Waals surface area (Å²) in [5.74, 6) is 0. The number of hydrogen-bond donors (Lipinski definition) is 1. The predicted octanol–water partition coefficient (Wildman–Crippen LogP) is 1.86. The van der Waals surface area contributed by atoms with Gasteiger partial charge in [-0.1, -0.05) is 19.4 Å². The molecule has 1 aromatic heterocycles. The second-order valence-electron chi connectivity index (χ2n) is 4.81. The van der Waals surface area contributed by atoms with Gasteiger partial charge < -0.3 is 4.84 Å². The van der Waals surface area contributed by atoms with E-state index in [0.29, 0.717) is 11.8 Å². The summed E-state index contributed by atoms with van der Waals surface area (Å²) < 4.78 is 32.2. The number of carbonyl (C=O) groups excluding carboxylic acids is 1. The predicted molar refractivity (Wildman–Crippen MR) is 84.6 cm³/mol. The van der Waals surface area contributed by atoms with Gasteiger partial charge in [-0.25, -0.2) is 0 Å². The Labute approximate surface area is 137 Å². The fourth-order valence-corrected chi connectivity index (χ4v) is 2.63. The topological polar surface area (TPSA) is 103 Å². The van der Waals surface area contributed by atoms with Crippen molar-refractivity contribution in [2.45, 2.75) is 24.7 Å². The molecule has 0 saturated heterocycles. The van der Waals surface area contributed by atoms with E-state index in [4.69, 9.17) is 21.0 Å². The highest BCUT2D eigenvalue weighted by molar-refractivity contribution is 7.85. The molecule has 1 N–H and O–H groups in total. The van der Waals surface area contributed by atoms with E-state index in [1.165, 1.54) is 12.1 Å². The van der Waals surface area contributed by atoms with Crippen molar-refractivity contribution in [1.82, 2.24) is 4.73 Å². The molecule has 1 aromatic carbocycles. The van der Waals surface area contributed by atoms with Crippen molar-refractivity contribution < 1.29 is 22.6 Å². The van der Waals surface area contributed by atoms with Crippen LogP contribution in [0.3, 0.4) is 0 Å². The van der Waals surface area contributed by atoms with Crippen LogP contribution in [0.1, 0.15) is 30.3 Å². The van der Waals surface area contributed by atoms with Crippen LogP contribution in [0.2, 0.25) is 0 Å². The third-order valence-electron chi connectivity index (χ3n) is 3.17. The number of fused-ring (bicyclic) bond motifs is 1. The quantitative estimate of drug-likeness (QED) is 0.479. The van der Waals surface area contributed by atoms with Crippen molar-refractivity contribution in [2.24, 2.45) is 0 Å². The fourth-order valence-electron chi connectivity index (χ4n) is 2.00. The van der Waals surface area contributed by atoms with Crippen LogP contribution in [-0.4, -0.2) is 29.6 Å². The van der Waals surface area contributed by atoms with Gasteiger partial charge in [0.15, 0.2) is 0 Å². The molecule has 0 fully saturated rings. The number of aromatic nitrogens is 1. The molecule has 0 saturated carbocycles. The molecule has 0 aliphatic rings. The van der Waals surface area contributed by atoms with Gasteiger partial charge in [0.25, 0.3) is 20.9 Å². The molecule has 0 aliphatic heterocycles. The van der Waals surface area contributed by atoms with Gasteiger partial charge in [0.2, 0.25) is 0 Å². The van der Waals surface area contributed by atoms with E-state index in [2.05, 4.69) is 0 Å². The van der Waals surface area contributed by atoms with Crippen molar-refractivity contribution in [3.05, 3.63) is 40.3 Å². The number of rotatable bonds is 6. The molecular weight excluding hydrogens is 346 g/mol. The molecule has 2 rings (SSSR count). The standard InChI is InChI=1S/C14H14ClNO6S/c1-2-3-6-22-16-12(13(15)17)7-9-4-5-10(23(19,20)21)8-11(9)14(16)18/h4-5,7-8H,2-3,6H2,1H3,(H,19,20,21). The number of halogens is 1. The van der Waals surface area contributed by atoms with Gasteiger partial charge in [0.1, 0.15) is 12.3 Å². The first-order valence-corrected chi connectivity index (χ1v) is 8.58. The molecule has 2 aromatic rings. The van der Waals surface area contributed by atoms with Crippen LogP contribution in [0.5, 0.6) is 0 Å². The summed E-state index contributed by atoms with van der Waals surface area (Å²) in [6, 6.07) is 4.78. The van der Waals surface area contributed by atoms with Gasteiger partial charge in [-0.05, 0) is 41.6 Å². The second-order valence-corrected chi connectivity index (χ2v) is 6.58. The molecule has 7 nitrogen and oxygen atoms in total. The Morgan fingerprint density at radius 2 is 2.04 bits per heavy atom. The van der Waals surface area contributed by atoms with Gasteiger partial charge in [-0.15, -0.1) is 4.73 Å². The zero-order chi connectivity index (χ0) is 17.2. The number of unbranched alkanes of at least 4 members (excludes halogenated alkanes) is 1. The lowest BCUT2D eigenvalue weighted by Crippen LogP contribution is -2.31. The van der Waals surface area contributed by atoms with Crippen LogP contribution in [0.4, 0.5) is 0 Å². The molecule has 0 amide bonds. The molecule has 124 valence electrons. The minimum absolute atomic E-state index is 0.0155. The Balaban J connectivity index is 2.70. The maximum absolute atomic E-state index is 12.5. The van der Waals surface area contributed by atoms with E-state index in [9.17, 15) is 18.0 Å². The van der Waals surface area contributed by atoms with Gasteiger partial charge in [0, 0.05) is 0 Å². The Bertz CT molecular complexity index is 919. The van der Waals surface area contributed by atoms with Crippen LogP contribution in [0.25, 0.3) is 10.8 Å². The van der Waals surface area contributed by atoms with Crippen LogP contribution in [-0.2, 0) is 10.1 Å². The minimum Gasteiger partial charge on any atom is -0.410 e. The van der Waals surface area contributed by atoms with Crippen molar-refractivity contribution in [3.63, 3.8) is 0 Å². The maximum Gasteiger partial charge on any atom is 0.294 e. The minimum atomic E-state index is -4.45. The zero-order valence-corrected chi connectivity index (χ0v) is 13.7. The van der Waals surface area contributed by atoms with Gasteiger partial charge in [-0.3, -0.25) is 14.1 Å². The zero-order valence-electron chi connectivity index (χ0n) is 12.2. The molecular formula is C14H14ClNO6S. The van der Waals surface area contributed by atoms with Crippen molar-refractivity contribution in [2.75, 3.05) is 6.61 Å². The third kappa shape index (κ3) is 3.72. The SMILES string of the molecule is CCCCOn1c(C(=O)Cl)cc2ccc(S(=O)(=O)O)cc2c1=O. The summed E-state index contributed by atoms with van der Waals surface area (Å²) in [5, 5.41) is -0.584. The molecule has 0 radical (unpaired) electrons. The summed E-state index contributed by atoms with van der Waals surface area (Å²) >= 11 is 5.48. The Morgan fingerprint density at radius 3 is 2.61 bits per heavy atom. The van der Waals surface area contributed by atoms with E-state index in [1.54, 1.807) is 0 Å². The Hall–Kier alpha value is -1.90. The van der Waals surface area contributed by atoms with Crippen LogP contribution in [0, 0.1) is 0 Å². The first kappa shape index (κ1) is 17.5. The van der Waals surface area contributed by atoms with Gasteiger partial charge in [0.05, 0.1) is 10.3 Å². The van der Waals surface area contributed by atoms with E-state index in [-0.39, 0.29) is 17.7 Å². The normalized spacial score (nSPS) is 11.6. The number of nitrogens with zero attached hydrogens (tertiary/aromatic N) is 1. The van der Waals surface area contributed by atoms with E-state index < -0.39 is 25.8 Å². The molecule has 0 aliphatic carbocycles. The van der Waals surface area contributed by atoms with E-state index >= 15 is 0 Å². The lowest BCUT2D eigenvalue weighted by Gasteiger charge is -2.13. The monoisotopic (exact) mass is 359 g/mol. The Morgan fingerprint density at radius 1 is 1.35 bits per heavy atom. The highest BCUT2D eigenvalue weighted by Crippen LogP contribution is 2.18. The first-order valence-electron chi connectivity index (χ1n) is 6.76. The fraction of sp³-hybridized carbons (Fsp3) is 0.286. The molecule has 23 heavy (non-hydrogen) atoms. The molecule has 0 bridgehead atoms. The largest absolute Gasteiger partial charge is 0.410 e. The number of pyridine rings is 1. The lowest BCUT2D eigenvalue weighted by atomic mass is 10.1. The summed E-state index contributed by atoms with van der Waals surface area (Å²) in [7, 11) is -4.45. The van der Waals surface area contributed by atoms with Crippen LogP contribution < -0.4 is 10.4 Å². The van der Waals surface area contributed by atoms with E-state index in [0.717, 1.165) is 23.3 Å². The summed E-state index contributed by atoms with van der Waals surface area (Å²) in [4.78, 5) is 28.9. The summed E-state index contributed by atoms with van der Waals surface area (Å²) in [5.41, 5.74) is -0.882. The van der Waals surface area contributed by atoms with Crippen molar-refractivity contribution in [3.8, 4) is 0 Å². The average Bonchev–Trinajstić information content (AvgIpc) is 2.48. The van der Waals surface area contributed by atoms with Crippen LogP contribution >= 0.6 is 11.6 Å². The third-order valence-corrected chi connectivity index (χ3v) is 4.21. The average molecular weight is 360 g/mol. The Kier molecular flexibility index (Phi) is 5.08. The second kappa shape index (κ2) is 6.69. The lowest BCUT2D eigenvalue weighted by molar-refractivity contribution is 0.0849. The van der Waals surface area contributed by atoms with Crippen molar-refractivity contribution in [1.29, 1.82) is 0 Å². The highest BCUT2D eigenvalue weighted by atomic mass is 35.5. The highest BCUT2D eigenvalue weighted by Gasteiger charge is 2.18. The molecule has 0 spiro atoms.